The predicted octanol–water partition coefficient (Wildman–Crippen LogP) is 3.02. The number of alkyl halides is 3. The Hall–Kier alpha value is -3.54. The number of anilines is 1. The minimum Gasteiger partial charge on any atom is -0.493 e. The molecule has 1 amide bonds. The number of hydrogen-bond acceptors (Lipinski definition) is 7. The van der Waals surface area contributed by atoms with Crippen molar-refractivity contribution in [1.82, 2.24) is 10.7 Å². The Morgan fingerprint density at radius 2 is 1.80 bits per heavy atom. The Morgan fingerprint density at radius 1 is 1.10 bits per heavy atom. The van der Waals surface area contributed by atoms with E-state index in [1.165, 1.54) is 14.2 Å². The fourth-order valence-electron chi connectivity index (χ4n) is 2.45. The molecule has 0 radical (unpaired) electrons. The summed E-state index contributed by atoms with van der Waals surface area (Å²) in [5, 5.41) is 13.6. The second kappa shape index (κ2) is 9.78. The number of amides is 1. The molecule has 0 spiro atoms. The van der Waals surface area contributed by atoms with Crippen molar-refractivity contribution < 1.29 is 32.4 Å². The summed E-state index contributed by atoms with van der Waals surface area (Å²) in [6, 6.07) is 8.15. The number of nitrogens with zero attached hydrogens (tertiary/aromatic N) is 1. The van der Waals surface area contributed by atoms with Crippen LogP contribution in [0.25, 0.3) is 0 Å². The van der Waals surface area contributed by atoms with Crippen LogP contribution >= 0.6 is 0 Å². The SMILES string of the molecule is COc1ccc(CNC(=O)c2cc([N+](=O)[O-])ccc2NNCC(F)(F)F)cc1OC. The summed E-state index contributed by atoms with van der Waals surface area (Å²) in [5.74, 6) is 0.219. The van der Waals surface area contributed by atoms with E-state index in [0.717, 1.165) is 18.2 Å². The molecule has 0 atom stereocenters. The van der Waals surface area contributed by atoms with Gasteiger partial charge in [-0.2, -0.15) is 13.2 Å². The van der Waals surface area contributed by atoms with Crippen LogP contribution in [0.1, 0.15) is 15.9 Å². The predicted molar refractivity (Wildman–Crippen MR) is 101 cm³/mol. The molecule has 9 nitrogen and oxygen atoms in total. The first-order valence-corrected chi connectivity index (χ1v) is 8.47. The van der Waals surface area contributed by atoms with Crippen molar-refractivity contribution in [2.24, 2.45) is 0 Å². The van der Waals surface area contributed by atoms with Crippen LogP contribution in [-0.2, 0) is 6.54 Å². The molecule has 0 saturated heterocycles. The van der Waals surface area contributed by atoms with Gasteiger partial charge < -0.3 is 20.2 Å². The first-order chi connectivity index (χ1) is 14.1. The standard InChI is InChI=1S/C18H19F3N4O5/c1-29-15-6-3-11(7-16(15)30-2)9-22-17(26)13-8-12(25(27)28)4-5-14(13)24-23-10-18(19,20)21/h3-8,23-24H,9-10H2,1-2H3,(H,22,26). The number of nitro benzene ring substituents is 1. The third-order valence-corrected chi connectivity index (χ3v) is 3.87. The molecule has 2 aromatic rings. The number of non-ortho nitro benzene ring substituents is 1. The fourth-order valence-corrected chi connectivity index (χ4v) is 2.45. The molecule has 0 unspecified atom stereocenters. The van der Waals surface area contributed by atoms with Gasteiger partial charge in [0.05, 0.1) is 30.4 Å². The smallest absolute Gasteiger partial charge is 0.402 e. The highest BCUT2D eigenvalue weighted by atomic mass is 19.4. The first-order valence-electron chi connectivity index (χ1n) is 8.47. The van der Waals surface area contributed by atoms with E-state index in [4.69, 9.17) is 9.47 Å². The monoisotopic (exact) mass is 428 g/mol. The summed E-state index contributed by atoms with van der Waals surface area (Å²) in [4.78, 5) is 22.9. The molecule has 0 aliphatic carbocycles. The van der Waals surface area contributed by atoms with E-state index in [-0.39, 0.29) is 23.5 Å². The van der Waals surface area contributed by atoms with Crippen molar-refractivity contribution in [3.05, 3.63) is 57.6 Å². The van der Waals surface area contributed by atoms with Crippen molar-refractivity contribution in [2.75, 3.05) is 26.2 Å². The minimum absolute atomic E-state index is 0.0390. The third-order valence-electron chi connectivity index (χ3n) is 3.87. The number of ether oxygens (including phenoxy) is 2. The molecule has 0 fully saturated rings. The van der Waals surface area contributed by atoms with Gasteiger partial charge in [0.1, 0.15) is 6.54 Å². The van der Waals surface area contributed by atoms with Gasteiger partial charge >= 0.3 is 6.18 Å². The van der Waals surface area contributed by atoms with Crippen LogP contribution in [0.5, 0.6) is 11.5 Å². The van der Waals surface area contributed by atoms with Crippen molar-refractivity contribution in [3.63, 3.8) is 0 Å². The fraction of sp³-hybridized carbons (Fsp3) is 0.278. The van der Waals surface area contributed by atoms with Crippen molar-refractivity contribution >= 4 is 17.3 Å². The summed E-state index contributed by atoms with van der Waals surface area (Å²) < 4.78 is 47.3. The molecule has 0 bridgehead atoms. The maximum absolute atomic E-state index is 12.6. The maximum Gasteiger partial charge on any atom is 0.402 e. The van der Waals surface area contributed by atoms with E-state index in [9.17, 15) is 28.1 Å². The van der Waals surface area contributed by atoms with Gasteiger partial charge in [-0.05, 0) is 23.8 Å². The van der Waals surface area contributed by atoms with Crippen LogP contribution in [0.2, 0.25) is 0 Å². The largest absolute Gasteiger partial charge is 0.493 e. The summed E-state index contributed by atoms with van der Waals surface area (Å²) in [5.41, 5.74) is 4.22. The Labute approximate surface area is 169 Å². The molecule has 0 aliphatic rings. The number of hydrogen-bond donors (Lipinski definition) is 3. The van der Waals surface area contributed by atoms with E-state index < -0.39 is 23.6 Å². The van der Waals surface area contributed by atoms with Gasteiger partial charge in [0, 0.05) is 18.7 Å². The van der Waals surface area contributed by atoms with Crippen LogP contribution in [0.3, 0.4) is 0 Å². The molecule has 30 heavy (non-hydrogen) atoms. The highest BCUT2D eigenvalue weighted by Gasteiger charge is 2.27. The van der Waals surface area contributed by atoms with Crippen LogP contribution in [0.4, 0.5) is 24.5 Å². The van der Waals surface area contributed by atoms with Crippen LogP contribution < -0.4 is 25.6 Å². The van der Waals surface area contributed by atoms with Gasteiger partial charge in [-0.15, -0.1) is 0 Å². The molecule has 0 aliphatic heterocycles. The third kappa shape index (κ3) is 6.24. The second-order valence-corrected chi connectivity index (χ2v) is 5.95. The number of nitro groups is 1. The van der Waals surface area contributed by atoms with Crippen LogP contribution in [-0.4, -0.2) is 37.8 Å². The van der Waals surface area contributed by atoms with E-state index in [1.807, 2.05) is 5.43 Å². The Kier molecular flexibility index (Phi) is 7.42. The molecule has 0 heterocycles. The lowest BCUT2D eigenvalue weighted by atomic mass is 10.1. The molecule has 2 rings (SSSR count). The van der Waals surface area contributed by atoms with Gasteiger partial charge in [0.2, 0.25) is 0 Å². The molecule has 162 valence electrons. The summed E-state index contributed by atoms with van der Waals surface area (Å²) in [6.45, 7) is -1.33. The summed E-state index contributed by atoms with van der Waals surface area (Å²) >= 11 is 0. The molecule has 12 heteroatoms. The summed E-state index contributed by atoms with van der Waals surface area (Å²) in [6.07, 6.45) is -4.48. The van der Waals surface area contributed by atoms with Crippen molar-refractivity contribution in [1.29, 1.82) is 0 Å². The number of carbonyl (C=O) groups is 1. The average molecular weight is 428 g/mol. The Bertz CT molecular complexity index is 921. The lowest BCUT2D eigenvalue weighted by Gasteiger charge is -2.15. The minimum atomic E-state index is -4.48. The normalized spacial score (nSPS) is 11.0. The van der Waals surface area contributed by atoms with Crippen LogP contribution in [0, 0.1) is 10.1 Å². The Balaban J connectivity index is 2.17. The first kappa shape index (κ1) is 22.7. The zero-order valence-electron chi connectivity index (χ0n) is 16.0. The lowest BCUT2D eigenvalue weighted by molar-refractivity contribution is -0.384. The quantitative estimate of drug-likeness (QED) is 0.415. The number of hydrazine groups is 1. The molecule has 0 aromatic heterocycles. The molecular weight excluding hydrogens is 409 g/mol. The second-order valence-electron chi connectivity index (χ2n) is 5.95. The highest BCUT2D eigenvalue weighted by molar-refractivity contribution is 6.00. The number of carbonyl (C=O) groups excluding carboxylic acids is 1. The van der Waals surface area contributed by atoms with Crippen molar-refractivity contribution in [3.8, 4) is 11.5 Å². The van der Waals surface area contributed by atoms with E-state index in [0.29, 0.717) is 17.1 Å². The number of halogens is 3. The molecular formula is C18H19F3N4O5. The van der Waals surface area contributed by atoms with Gasteiger partial charge in [-0.25, -0.2) is 5.43 Å². The van der Waals surface area contributed by atoms with Gasteiger partial charge in [0.15, 0.2) is 11.5 Å². The van der Waals surface area contributed by atoms with E-state index in [1.54, 1.807) is 18.2 Å². The molecule has 2 aromatic carbocycles. The van der Waals surface area contributed by atoms with E-state index in [2.05, 4.69) is 10.7 Å². The average Bonchev–Trinajstić information content (AvgIpc) is 2.70. The number of benzene rings is 2. The lowest BCUT2D eigenvalue weighted by Crippen LogP contribution is -2.34. The number of methoxy groups -OCH3 is 2. The Morgan fingerprint density at radius 3 is 2.40 bits per heavy atom. The molecule has 3 N–H and O–H groups in total. The van der Waals surface area contributed by atoms with Crippen molar-refractivity contribution in [2.45, 2.75) is 12.7 Å². The van der Waals surface area contributed by atoms with Gasteiger partial charge in [-0.1, -0.05) is 6.07 Å². The summed E-state index contributed by atoms with van der Waals surface area (Å²) in [7, 11) is 2.93. The zero-order chi connectivity index (χ0) is 22.3. The van der Waals surface area contributed by atoms with E-state index >= 15 is 0 Å². The van der Waals surface area contributed by atoms with Gasteiger partial charge in [0.25, 0.3) is 11.6 Å². The molecule has 0 saturated carbocycles. The zero-order valence-corrected chi connectivity index (χ0v) is 16.0. The highest BCUT2D eigenvalue weighted by Crippen LogP contribution is 2.28. The maximum atomic E-state index is 12.6. The van der Waals surface area contributed by atoms with Crippen LogP contribution in [0.15, 0.2) is 36.4 Å². The number of rotatable bonds is 9. The number of nitrogens with one attached hydrogen (secondary N) is 3. The van der Waals surface area contributed by atoms with Gasteiger partial charge in [-0.3, -0.25) is 14.9 Å². The topological polar surface area (TPSA) is 115 Å².